The average molecular weight is 294 g/mol. The maximum absolute atomic E-state index is 12.8. The maximum Gasteiger partial charge on any atom is 0.235 e. The standard InChI is InChI=1S/C14H22N4OS/c1-17-9-8-16-11(17)10-18(2)13(19)14(12(15)20)6-4-3-5-7-14/h8-9H,3-7,10H2,1-2H3,(H2,15,20). The molecule has 1 aromatic rings. The second kappa shape index (κ2) is 5.91. The van der Waals surface area contributed by atoms with E-state index in [1.165, 1.54) is 0 Å². The van der Waals surface area contributed by atoms with Crippen LogP contribution < -0.4 is 5.73 Å². The quantitative estimate of drug-likeness (QED) is 0.857. The Kier molecular flexibility index (Phi) is 4.42. The van der Waals surface area contributed by atoms with Crippen molar-refractivity contribution in [2.75, 3.05) is 7.05 Å². The molecule has 110 valence electrons. The van der Waals surface area contributed by atoms with E-state index in [2.05, 4.69) is 4.98 Å². The molecule has 1 aliphatic carbocycles. The number of aromatic nitrogens is 2. The van der Waals surface area contributed by atoms with Crippen LogP contribution >= 0.6 is 12.2 Å². The van der Waals surface area contributed by atoms with E-state index in [9.17, 15) is 4.79 Å². The van der Waals surface area contributed by atoms with E-state index in [4.69, 9.17) is 18.0 Å². The molecule has 1 fully saturated rings. The SMILES string of the molecule is CN(Cc1nccn1C)C(=O)C1(C(N)=S)CCCCC1. The summed E-state index contributed by atoms with van der Waals surface area (Å²) in [6.07, 6.45) is 8.33. The summed E-state index contributed by atoms with van der Waals surface area (Å²) >= 11 is 5.21. The van der Waals surface area contributed by atoms with Gasteiger partial charge in [-0.2, -0.15) is 0 Å². The average Bonchev–Trinajstić information content (AvgIpc) is 2.84. The zero-order valence-corrected chi connectivity index (χ0v) is 12.9. The van der Waals surface area contributed by atoms with Crippen LogP contribution in [0.25, 0.3) is 0 Å². The van der Waals surface area contributed by atoms with Crippen LogP contribution in [0, 0.1) is 5.41 Å². The summed E-state index contributed by atoms with van der Waals surface area (Å²) in [4.78, 5) is 19.1. The normalized spacial score (nSPS) is 17.7. The first-order chi connectivity index (χ1) is 9.47. The van der Waals surface area contributed by atoms with Crippen molar-refractivity contribution in [2.45, 2.75) is 38.6 Å². The molecule has 2 rings (SSSR count). The van der Waals surface area contributed by atoms with Crippen molar-refractivity contribution in [1.82, 2.24) is 14.5 Å². The van der Waals surface area contributed by atoms with E-state index in [1.807, 2.05) is 17.8 Å². The molecule has 5 nitrogen and oxygen atoms in total. The van der Waals surface area contributed by atoms with Gasteiger partial charge >= 0.3 is 0 Å². The predicted molar refractivity (Wildman–Crippen MR) is 82.0 cm³/mol. The largest absolute Gasteiger partial charge is 0.392 e. The number of aryl methyl sites for hydroxylation is 1. The first kappa shape index (κ1) is 15.0. The fourth-order valence-electron chi connectivity index (χ4n) is 2.92. The minimum atomic E-state index is -0.645. The zero-order chi connectivity index (χ0) is 14.8. The number of nitrogens with zero attached hydrogens (tertiary/aromatic N) is 3. The Morgan fingerprint density at radius 1 is 1.50 bits per heavy atom. The van der Waals surface area contributed by atoms with Gasteiger partial charge in [0.1, 0.15) is 5.82 Å². The number of imidazole rings is 1. The molecule has 1 aromatic heterocycles. The molecule has 0 spiro atoms. The number of hydrogen-bond acceptors (Lipinski definition) is 3. The second-order valence-electron chi connectivity index (χ2n) is 5.62. The lowest BCUT2D eigenvalue weighted by atomic mass is 9.73. The van der Waals surface area contributed by atoms with Gasteiger partial charge in [0.2, 0.25) is 5.91 Å². The molecule has 0 radical (unpaired) electrons. The Hall–Kier alpha value is -1.43. The molecule has 0 aromatic carbocycles. The molecule has 1 aliphatic rings. The van der Waals surface area contributed by atoms with Gasteiger partial charge in [-0.1, -0.05) is 31.5 Å². The number of hydrogen-bond donors (Lipinski definition) is 1. The summed E-state index contributed by atoms with van der Waals surface area (Å²) in [5.74, 6) is 0.891. The highest BCUT2D eigenvalue weighted by Crippen LogP contribution is 2.38. The number of amides is 1. The number of carbonyl (C=O) groups excluding carboxylic acids is 1. The van der Waals surface area contributed by atoms with Crippen molar-refractivity contribution >= 4 is 23.1 Å². The molecule has 1 heterocycles. The lowest BCUT2D eigenvalue weighted by Gasteiger charge is -2.37. The van der Waals surface area contributed by atoms with E-state index in [0.29, 0.717) is 11.5 Å². The lowest BCUT2D eigenvalue weighted by molar-refractivity contribution is -0.139. The van der Waals surface area contributed by atoms with Crippen LogP contribution in [0.3, 0.4) is 0 Å². The van der Waals surface area contributed by atoms with Crippen LogP contribution in [-0.4, -0.2) is 32.4 Å². The summed E-state index contributed by atoms with van der Waals surface area (Å²) in [5, 5.41) is 0. The smallest absolute Gasteiger partial charge is 0.235 e. The molecule has 0 bridgehead atoms. The summed E-state index contributed by atoms with van der Waals surface area (Å²) in [6.45, 7) is 0.479. The highest BCUT2D eigenvalue weighted by atomic mass is 32.1. The third-order valence-corrected chi connectivity index (χ3v) is 4.63. The van der Waals surface area contributed by atoms with E-state index >= 15 is 0 Å². The molecule has 0 atom stereocenters. The Morgan fingerprint density at radius 2 is 2.15 bits per heavy atom. The highest BCUT2D eigenvalue weighted by molar-refractivity contribution is 7.80. The maximum atomic E-state index is 12.8. The molecule has 0 aliphatic heterocycles. The molecule has 6 heteroatoms. The number of nitrogens with two attached hydrogens (primary N) is 1. The second-order valence-corrected chi connectivity index (χ2v) is 6.06. The van der Waals surface area contributed by atoms with E-state index in [0.717, 1.165) is 37.9 Å². The van der Waals surface area contributed by atoms with Crippen LogP contribution in [0.15, 0.2) is 12.4 Å². The molecule has 20 heavy (non-hydrogen) atoms. The number of thiocarbonyl (C=S) groups is 1. The molecule has 1 saturated carbocycles. The van der Waals surface area contributed by atoms with Gasteiger partial charge in [0.25, 0.3) is 0 Å². The fourth-order valence-corrected chi connectivity index (χ4v) is 3.21. The first-order valence-corrected chi connectivity index (χ1v) is 7.40. The molecule has 2 N–H and O–H groups in total. The van der Waals surface area contributed by atoms with Crippen LogP contribution in [0.4, 0.5) is 0 Å². The summed E-state index contributed by atoms with van der Waals surface area (Å²) in [6, 6.07) is 0. The van der Waals surface area contributed by atoms with Crippen molar-refractivity contribution in [3.8, 4) is 0 Å². The van der Waals surface area contributed by atoms with Gasteiger partial charge in [0.15, 0.2) is 0 Å². The van der Waals surface area contributed by atoms with Gasteiger partial charge in [0.05, 0.1) is 16.9 Å². The Labute approximate surface area is 125 Å². The van der Waals surface area contributed by atoms with Gasteiger partial charge in [-0.15, -0.1) is 0 Å². The fraction of sp³-hybridized carbons (Fsp3) is 0.643. The third-order valence-electron chi connectivity index (χ3n) is 4.23. The zero-order valence-electron chi connectivity index (χ0n) is 12.1. The summed E-state index contributed by atoms with van der Waals surface area (Å²) in [5.41, 5.74) is 5.26. The Bertz CT molecular complexity index is 505. The van der Waals surface area contributed by atoms with E-state index < -0.39 is 5.41 Å². The van der Waals surface area contributed by atoms with Crippen LogP contribution in [0.2, 0.25) is 0 Å². The van der Waals surface area contributed by atoms with Crippen molar-refractivity contribution in [3.63, 3.8) is 0 Å². The lowest BCUT2D eigenvalue weighted by Crippen LogP contribution is -2.50. The number of carbonyl (C=O) groups is 1. The van der Waals surface area contributed by atoms with Gasteiger partial charge in [-0.3, -0.25) is 4.79 Å². The van der Waals surface area contributed by atoms with Gasteiger partial charge in [0, 0.05) is 26.5 Å². The Balaban J connectivity index is 2.15. The summed E-state index contributed by atoms with van der Waals surface area (Å²) < 4.78 is 1.91. The first-order valence-electron chi connectivity index (χ1n) is 6.99. The van der Waals surface area contributed by atoms with Crippen molar-refractivity contribution < 1.29 is 4.79 Å². The van der Waals surface area contributed by atoms with Gasteiger partial charge in [-0.05, 0) is 12.8 Å². The highest BCUT2D eigenvalue weighted by Gasteiger charge is 2.44. The molecular weight excluding hydrogens is 272 g/mol. The number of rotatable bonds is 4. The third kappa shape index (κ3) is 2.70. The minimum Gasteiger partial charge on any atom is -0.392 e. The van der Waals surface area contributed by atoms with Crippen LogP contribution in [0.1, 0.15) is 37.9 Å². The minimum absolute atomic E-state index is 0.0349. The summed E-state index contributed by atoms with van der Waals surface area (Å²) in [7, 11) is 3.72. The topological polar surface area (TPSA) is 64.2 Å². The van der Waals surface area contributed by atoms with Crippen molar-refractivity contribution in [3.05, 3.63) is 18.2 Å². The molecule has 0 unspecified atom stereocenters. The monoisotopic (exact) mass is 294 g/mol. The molecule has 0 saturated heterocycles. The molecular formula is C14H22N4OS. The van der Waals surface area contributed by atoms with Crippen LogP contribution in [-0.2, 0) is 18.4 Å². The Morgan fingerprint density at radius 3 is 2.65 bits per heavy atom. The van der Waals surface area contributed by atoms with Gasteiger partial charge < -0.3 is 15.2 Å². The van der Waals surface area contributed by atoms with Crippen LogP contribution in [0.5, 0.6) is 0 Å². The van der Waals surface area contributed by atoms with Crippen molar-refractivity contribution in [2.24, 2.45) is 18.2 Å². The van der Waals surface area contributed by atoms with Gasteiger partial charge in [-0.25, -0.2) is 4.98 Å². The van der Waals surface area contributed by atoms with E-state index in [-0.39, 0.29) is 5.91 Å². The van der Waals surface area contributed by atoms with Crippen molar-refractivity contribution in [1.29, 1.82) is 0 Å². The molecule has 1 amide bonds. The predicted octanol–water partition coefficient (Wildman–Crippen LogP) is 1.62. The van der Waals surface area contributed by atoms with E-state index in [1.54, 1.807) is 18.1 Å².